The summed E-state index contributed by atoms with van der Waals surface area (Å²) >= 11 is 0. The Morgan fingerprint density at radius 2 is 1.95 bits per heavy atom. The quantitative estimate of drug-likeness (QED) is 0.868. The number of carboxylic acid groups (broad SMARTS) is 1. The number of aromatic carboxylic acids is 1. The Morgan fingerprint density at radius 1 is 1.35 bits per heavy atom. The molecule has 1 aromatic rings. The minimum absolute atomic E-state index is 0.302. The first-order valence-electron chi connectivity index (χ1n) is 6.39. The van der Waals surface area contributed by atoms with Crippen molar-refractivity contribution in [3.05, 3.63) is 29.6 Å². The first-order chi connectivity index (χ1) is 9.42. The van der Waals surface area contributed by atoms with Gasteiger partial charge in [-0.15, -0.1) is 0 Å². The number of carboxylic acids is 1. The second kappa shape index (κ2) is 6.88. The molecule has 1 unspecified atom stereocenters. The van der Waals surface area contributed by atoms with Crippen molar-refractivity contribution in [1.29, 1.82) is 0 Å². The summed E-state index contributed by atoms with van der Waals surface area (Å²) in [6, 6.07) is 3.61. The molecule has 0 fully saturated rings. The molecule has 0 aliphatic carbocycles. The van der Waals surface area contributed by atoms with Crippen LogP contribution in [0.3, 0.4) is 0 Å². The maximum absolute atomic E-state index is 13.7. The van der Waals surface area contributed by atoms with E-state index in [9.17, 15) is 14.0 Å². The van der Waals surface area contributed by atoms with Gasteiger partial charge in [-0.25, -0.2) is 9.18 Å². The van der Waals surface area contributed by atoms with E-state index in [1.807, 2.05) is 13.8 Å². The average molecular weight is 283 g/mol. The molecule has 20 heavy (non-hydrogen) atoms. The monoisotopic (exact) mass is 283 g/mol. The van der Waals surface area contributed by atoms with E-state index >= 15 is 0 Å². The molecule has 0 radical (unpaired) electrons. The summed E-state index contributed by atoms with van der Waals surface area (Å²) in [5.41, 5.74) is -0.302. The lowest BCUT2D eigenvalue weighted by atomic mass is 10.2. The van der Waals surface area contributed by atoms with Crippen LogP contribution in [0.15, 0.2) is 18.2 Å². The molecule has 1 atom stereocenters. The van der Waals surface area contributed by atoms with Crippen molar-refractivity contribution in [3.8, 4) is 5.75 Å². The van der Waals surface area contributed by atoms with Gasteiger partial charge < -0.3 is 14.7 Å². The second-order valence-corrected chi connectivity index (χ2v) is 4.19. The Labute approximate surface area is 117 Å². The smallest absolute Gasteiger partial charge is 0.339 e. The van der Waals surface area contributed by atoms with Crippen LogP contribution in [0, 0.1) is 5.82 Å². The molecule has 0 saturated heterocycles. The molecular weight excluding hydrogens is 265 g/mol. The Bertz CT molecular complexity index is 500. The van der Waals surface area contributed by atoms with E-state index in [0.717, 1.165) is 6.07 Å². The number of rotatable bonds is 6. The maximum atomic E-state index is 13.7. The summed E-state index contributed by atoms with van der Waals surface area (Å²) in [4.78, 5) is 24.6. The van der Waals surface area contributed by atoms with E-state index in [1.165, 1.54) is 24.0 Å². The zero-order chi connectivity index (χ0) is 15.3. The fraction of sp³-hybridized carbons (Fsp3) is 0.429. The topological polar surface area (TPSA) is 66.8 Å². The zero-order valence-electron chi connectivity index (χ0n) is 11.7. The van der Waals surface area contributed by atoms with Gasteiger partial charge in [0, 0.05) is 13.1 Å². The van der Waals surface area contributed by atoms with Crippen molar-refractivity contribution in [2.24, 2.45) is 0 Å². The summed E-state index contributed by atoms with van der Waals surface area (Å²) in [5.74, 6) is -2.83. The van der Waals surface area contributed by atoms with Gasteiger partial charge >= 0.3 is 5.97 Å². The molecule has 5 nitrogen and oxygen atoms in total. The molecule has 1 aromatic carbocycles. The van der Waals surface area contributed by atoms with Gasteiger partial charge in [-0.2, -0.15) is 0 Å². The molecule has 0 aliphatic rings. The van der Waals surface area contributed by atoms with Gasteiger partial charge in [0.15, 0.2) is 17.7 Å². The Morgan fingerprint density at radius 3 is 2.45 bits per heavy atom. The van der Waals surface area contributed by atoms with E-state index in [2.05, 4.69) is 0 Å². The van der Waals surface area contributed by atoms with Gasteiger partial charge in [0.2, 0.25) is 0 Å². The van der Waals surface area contributed by atoms with Gasteiger partial charge in [0.25, 0.3) is 5.91 Å². The van der Waals surface area contributed by atoms with Crippen molar-refractivity contribution in [1.82, 2.24) is 4.90 Å². The minimum atomic E-state index is -1.30. The molecule has 110 valence electrons. The van der Waals surface area contributed by atoms with Crippen LogP contribution in [0.2, 0.25) is 0 Å². The van der Waals surface area contributed by atoms with Gasteiger partial charge in [-0.05, 0) is 32.9 Å². The molecule has 0 bridgehead atoms. The molecule has 0 heterocycles. The Kier molecular flexibility index (Phi) is 5.49. The largest absolute Gasteiger partial charge is 0.478 e. The third-order valence-corrected chi connectivity index (χ3v) is 2.91. The molecule has 0 saturated carbocycles. The van der Waals surface area contributed by atoms with E-state index in [4.69, 9.17) is 9.84 Å². The van der Waals surface area contributed by atoms with E-state index in [0.29, 0.717) is 13.1 Å². The molecule has 0 spiro atoms. The van der Waals surface area contributed by atoms with Crippen LogP contribution < -0.4 is 4.74 Å². The van der Waals surface area contributed by atoms with E-state index in [1.54, 1.807) is 0 Å². The van der Waals surface area contributed by atoms with Gasteiger partial charge in [0.1, 0.15) is 5.56 Å². The highest BCUT2D eigenvalue weighted by molar-refractivity contribution is 5.91. The highest BCUT2D eigenvalue weighted by atomic mass is 19.1. The fourth-order valence-corrected chi connectivity index (χ4v) is 1.82. The predicted octanol–water partition coefficient (Wildman–Crippen LogP) is 2.16. The van der Waals surface area contributed by atoms with Crippen molar-refractivity contribution < 1.29 is 23.8 Å². The Hall–Kier alpha value is -2.11. The molecule has 6 heteroatoms. The van der Waals surface area contributed by atoms with Crippen LogP contribution in [-0.4, -0.2) is 41.1 Å². The standard InChI is InChI=1S/C14H18FNO4/c1-4-16(5-2)13(17)9(3)20-12-10(14(18)19)7-6-8-11(12)15/h6-9H,4-5H2,1-3H3,(H,18,19). The molecular formula is C14H18FNO4. The van der Waals surface area contributed by atoms with Crippen LogP contribution >= 0.6 is 0 Å². The number of ether oxygens (including phenoxy) is 1. The number of hydrogen-bond donors (Lipinski definition) is 1. The third kappa shape index (κ3) is 3.46. The molecule has 1 amide bonds. The average Bonchev–Trinajstić information content (AvgIpc) is 2.41. The number of nitrogens with zero attached hydrogens (tertiary/aromatic N) is 1. The van der Waals surface area contributed by atoms with Crippen molar-refractivity contribution in [2.45, 2.75) is 26.9 Å². The van der Waals surface area contributed by atoms with E-state index < -0.39 is 23.6 Å². The molecule has 1 N–H and O–H groups in total. The number of likely N-dealkylation sites (N-methyl/N-ethyl adjacent to an activating group) is 1. The van der Waals surface area contributed by atoms with Gasteiger partial charge in [-0.1, -0.05) is 6.07 Å². The number of carbonyl (C=O) groups excluding carboxylic acids is 1. The lowest BCUT2D eigenvalue weighted by molar-refractivity contribution is -0.137. The fourth-order valence-electron chi connectivity index (χ4n) is 1.82. The van der Waals surface area contributed by atoms with Gasteiger partial charge in [-0.3, -0.25) is 4.79 Å². The lowest BCUT2D eigenvalue weighted by Crippen LogP contribution is -2.40. The molecule has 0 aromatic heterocycles. The number of para-hydroxylation sites is 1. The highest BCUT2D eigenvalue weighted by Gasteiger charge is 2.24. The summed E-state index contributed by atoms with van der Waals surface area (Å²) in [5, 5.41) is 9.00. The second-order valence-electron chi connectivity index (χ2n) is 4.19. The summed E-state index contributed by atoms with van der Waals surface area (Å²) in [7, 11) is 0. The molecule has 1 rings (SSSR count). The number of halogens is 1. The van der Waals surface area contributed by atoms with Gasteiger partial charge in [0.05, 0.1) is 0 Å². The van der Waals surface area contributed by atoms with Crippen molar-refractivity contribution in [2.75, 3.05) is 13.1 Å². The summed E-state index contributed by atoms with van der Waals surface area (Å²) < 4.78 is 18.9. The van der Waals surface area contributed by atoms with Crippen LogP contribution in [-0.2, 0) is 4.79 Å². The lowest BCUT2D eigenvalue weighted by Gasteiger charge is -2.24. The normalized spacial score (nSPS) is 11.8. The number of benzene rings is 1. The summed E-state index contributed by atoms with van der Waals surface area (Å²) in [6.07, 6.45) is -0.954. The number of carbonyl (C=O) groups is 2. The maximum Gasteiger partial charge on any atom is 0.339 e. The summed E-state index contributed by atoms with van der Waals surface area (Å²) in [6.45, 7) is 6.12. The van der Waals surface area contributed by atoms with Crippen LogP contribution in [0.1, 0.15) is 31.1 Å². The SMILES string of the molecule is CCN(CC)C(=O)C(C)Oc1c(F)cccc1C(=O)O. The minimum Gasteiger partial charge on any atom is -0.478 e. The van der Waals surface area contributed by atoms with Crippen LogP contribution in [0.25, 0.3) is 0 Å². The third-order valence-electron chi connectivity index (χ3n) is 2.91. The van der Waals surface area contributed by atoms with Crippen LogP contribution in [0.5, 0.6) is 5.75 Å². The van der Waals surface area contributed by atoms with E-state index in [-0.39, 0.29) is 11.5 Å². The van der Waals surface area contributed by atoms with Crippen molar-refractivity contribution >= 4 is 11.9 Å². The van der Waals surface area contributed by atoms with Crippen molar-refractivity contribution in [3.63, 3.8) is 0 Å². The zero-order valence-corrected chi connectivity index (χ0v) is 11.7. The number of hydrogen-bond acceptors (Lipinski definition) is 3. The Balaban J connectivity index is 2.98. The first kappa shape index (κ1) is 15.9. The molecule has 0 aliphatic heterocycles. The first-order valence-corrected chi connectivity index (χ1v) is 6.39. The van der Waals surface area contributed by atoms with Crippen LogP contribution in [0.4, 0.5) is 4.39 Å². The number of amides is 1. The predicted molar refractivity (Wildman–Crippen MR) is 71.4 cm³/mol. The highest BCUT2D eigenvalue weighted by Crippen LogP contribution is 2.24.